The molecule has 0 N–H and O–H groups in total. The number of hydrogen-bond acceptors (Lipinski definition) is 6. The minimum atomic E-state index is -0.549. The number of benzene rings is 2. The number of allylic oxidation sites excluding steroid dienone is 1. The third kappa shape index (κ3) is 5.29. The van der Waals surface area contributed by atoms with Gasteiger partial charge in [0.15, 0.2) is 12.4 Å². The van der Waals surface area contributed by atoms with Crippen LogP contribution >= 0.6 is 27.5 Å². The van der Waals surface area contributed by atoms with E-state index in [1.165, 1.54) is 31.4 Å². The average molecular weight is 452 g/mol. The Hall–Kier alpha value is -2.89. The van der Waals surface area contributed by atoms with Crippen LogP contribution in [0.25, 0.3) is 11.6 Å². The summed E-state index contributed by atoms with van der Waals surface area (Å²) in [5.41, 5.74) is 1.37. The SMILES string of the molecule is COC(=O)COc1c(Cl)cc(/C=C(/C#N)c2ccc([N+](=O)[O-])cc2)cc1Br. The number of halogens is 2. The number of hydrogen-bond donors (Lipinski definition) is 0. The Bertz CT molecular complexity index is 928. The van der Waals surface area contributed by atoms with Gasteiger partial charge in [-0.15, -0.1) is 0 Å². The van der Waals surface area contributed by atoms with E-state index in [9.17, 15) is 20.2 Å². The molecule has 138 valence electrons. The molecule has 0 bridgehead atoms. The van der Waals surface area contributed by atoms with Crippen molar-refractivity contribution >= 4 is 50.8 Å². The van der Waals surface area contributed by atoms with Crippen LogP contribution in [0, 0.1) is 21.4 Å². The smallest absolute Gasteiger partial charge is 0.343 e. The molecular formula is C18H12BrClN2O5. The maximum Gasteiger partial charge on any atom is 0.343 e. The number of carbonyl (C=O) groups excluding carboxylic acids is 1. The summed E-state index contributed by atoms with van der Waals surface area (Å²) in [6.45, 7) is -0.295. The normalized spacial score (nSPS) is 10.8. The van der Waals surface area contributed by atoms with Crippen LogP contribution < -0.4 is 4.74 Å². The summed E-state index contributed by atoms with van der Waals surface area (Å²) < 4.78 is 10.3. The summed E-state index contributed by atoms with van der Waals surface area (Å²) in [5, 5.41) is 20.4. The first kappa shape index (κ1) is 20.4. The minimum Gasteiger partial charge on any atom is -0.479 e. The first-order chi connectivity index (χ1) is 12.8. The standard InChI is InChI=1S/C18H12BrClN2O5/c1-26-17(23)10-27-18-15(19)7-11(8-16(18)20)6-13(9-21)12-2-4-14(5-3-12)22(24)25/h2-8H,10H2,1H3/b13-6-. The van der Waals surface area contributed by atoms with Crippen LogP contribution in [-0.2, 0) is 9.53 Å². The molecule has 0 spiro atoms. The molecule has 0 aliphatic carbocycles. The molecule has 0 saturated heterocycles. The highest BCUT2D eigenvalue weighted by atomic mass is 79.9. The topological polar surface area (TPSA) is 102 Å². The number of non-ortho nitro benzene ring substituents is 1. The quantitative estimate of drug-likeness (QED) is 0.209. The molecule has 2 aromatic rings. The highest BCUT2D eigenvalue weighted by Crippen LogP contribution is 2.35. The summed E-state index contributed by atoms with van der Waals surface area (Å²) >= 11 is 9.51. The summed E-state index contributed by atoms with van der Waals surface area (Å²) in [7, 11) is 1.25. The molecule has 0 aliphatic rings. The first-order valence-corrected chi connectivity index (χ1v) is 8.58. The van der Waals surface area contributed by atoms with E-state index >= 15 is 0 Å². The molecule has 27 heavy (non-hydrogen) atoms. The zero-order valence-electron chi connectivity index (χ0n) is 13.9. The van der Waals surface area contributed by atoms with E-state index in [4.69, 9.17) is 16.3 Å². The maximum atomic E-state index is 11.2. The molecule has 0 amide bonds. The van der Waals surface area contributed by atoms with E-state index in [0.717, 1.165) is 0 Å². The van der Waals surface area contributed by atoms with Gasteiger partial charge in [-0.25, -0.2) is 4.79 Å². The van der Waals surface area contributed by atoms with E-state index in [0.29, 0.717) is 21.2 Å². The Balaban J connectivity index is 2.32. The van der Waals surface area contributed by atoms with Crippen molar-refractivity contribution in [3.8, 4) is 11.8 Å². The third-order valence-corrected chi connectivity index (χ3v) is 4.27. The summed E-state index contributed by atoms with van der Waals surface area (Å²) in [5.74, 6) is -0.278. The van der Waals surface area contributed by atoms with Crippen molar-refractivity contribution in [1.29, 1.82) is 5.26 Å². The van der Waals surface area contributed by atoms with Crippen LogP contribution in [0.5, 0.6) is 5.75 Å². The molecule has 0 unspecified atom stereocenters. The summed E-state index contributed by atoms with van der Waals surface area (Å²) in [4.78, 5) is 21.4. The van der Waals surface area contributed by atoms with E-state index in [2.05, 4.69) is 26.7 Å². The van der Waals surface area contributed by atoms with Gasteiger partial charge in [0.2, 0.25) is 0 Å². The number of carbonyl (C=O) groups is 1. The lowest BCUT2D eigenvalue weighted by atomic mass is 10.0. The van der Waals surface area contributed by atoms with Gasteiger partial charge >= 0.3 is 5.97 Å². The van der Waals surface area contributed by atoms with Crippen molar-refractivity contribution in [2.75, 3.05) is 13.7 Å². The highest BCUT2D eigenvalue weighted by Gasteiger charge is 2.12. The zero-order valence-corrected chi connectivity index (χ0v) is 16.3. The fourth-order valence-electron chi connectivity index (χ4n) is 2.10. The molecule has 0 atom stereocenters. The Kier molecular flexibility index (Phi) is 6.93. The van der Waals surface area contributed by atoms with Crippen LogP contribution in [0.2, 0.25) is 5.02 Å². The van der Waals surface area contributed by atoms with Crippen molar-refractivity contribution in [3.63, 3.8) is 0 Å². The maximum absolute atomic E-state index is 11.2. The van der Waals surface area contributed by atoms with Crippen LogP contribution in [0.4, 0.5) is 5.69 Å². The molecule has 0 aliphatic heterocycles. The van der Waals surface area contributed by atoms with Gasteiger partial charge in [-0.3, -0.25) is 10.1 Å². The second-order valence-corrected chi connectivity index (χ2v) is 6.41. The highest BCUT2D eigenvalue weighted by molar-refractivity contribution is 9.10. The van der Waals surface area contributed by atoms with Crippen molar-refractivity contribution in [1.82, 2.24) is 0 Å². The number of nitriles is 1. The fourth-order valence-corrected chi connectivity index (χ4v) is 3.09. The number of nitro benzene ring substituents is 1. The number of ether oxygens (including phenoxy) is 2. The average Bonchev–Trinajstić information content (AvgIpc) is 2.65. The van der Waals surface area contributed by atoms with Crippen molar-refractivity contribution in [2.45, 2.75) is 0 Å². The monoisotopic (exact) mass is 450 g/mol. The van der Waals surface area contributed by atoms with Gasteiger partial charge in [0.25, 0.3) is 5.69 Å². The molecule has 0 saturated carbocycles. The molecule has 0 fully saturated rings. The number of nitro groups is 1. The Labute approximate surface area is 168 Å². The van der Waals surface area contributed by atoms with Gasteiger partial charge in [0.1, 0.15) is 0 Å². The summed E-state index contributed by atoms with van der Waals surface area (Å²) in [6.07, 6.45) is 1.59. The minimum absolute atomic E-state index is 0.0612. The van der Waals surface area contributed by atoms with Gasteiger partial charge in [-0.05, 0) is 57.4 Å². The van der Waals surface area contributed by atoms with Gasteiger partial charge in [-0.2, -0.15) is 5.26 Å². The predicted octanol–water partition coefficient (Wildman–Crippen LogP) is 4.63. The molecule has 9 heteroatoms. The lowest BCUT2D eigenvalue weighted by Gasteiger charge is -2.10. The molecule has 0 heterocycles. The largest absolute Gasteiger partial charge is 0.479 e. The molecule has 7 nitrogen and oxygen atoms in total. The van der Waals surface area contributed by atoms with Crippen molar-refractivity contribution < 1.29 is 19.2 Å². The van der Waals surface area contributed by atoms with Crippen molar-refractivity contribution in [2.24, 2.45) is 0 Å². The van der Waals surface area contributed by atoms with E-state index in [1.807, 2.05) is 0 Å². The fraction of sp³-hybridized carbons (Fsp3) is 0.111. The Morgan fingerprint density at radius 1 is 1.37 bits per heavy atom. The van der Waals surface area contributed by atoms with Gasteiger partial charge in [0.05, 0.1) is 33.2 Å². The lowest BCUT2D eigenvalue weighted by Crippen LogP contribution is -2.13. The lowest BCUT2D eigenvalue weighted by molar-refractivity contribution is -0.384. The number of methoxy groups -OCH3 is 1. The molecule has 0 radical (unpaired) electrons. The van der Waals surface area contributed by atoms with Gasteiger partial charge in [0, 0.05) is 12.1 Å². The van der Waals surface area contributed by atoms with Crippen LogP contribution in [0.15, 0.2) is 40.9 Å². The number of nitrogens with zero attached hydrogens (tertiary/aromatic N) is 2. The zero-order chi connectivity index (χ0) is 20.0. The molecule has 2 rings (SSSR count). The van der Waals surface area contributed by atoms with Crippen LogP contribution in [-0.4, -0.2) is 24.6 Å². The van der Waals surface area contributed by atoms with Gasteiger partial charge < -0.3 is 9.47 Å². The van der Waals surface area contributed by atoms with E-state index < -0.39 is 10.9 Å². The second-order valence-electron chi connectivity index (χ2n) is 5.15. The van der Waals surface area contributed by atoms with Gasteiger partial charge in [-0.1, -0.05) is 11.6 Å². The van der Waals surface area contributed by atoms with E-state index in [-0.39, 0.29) is 23.1 Å². The Morgan fingerprint density at radius 3 is 2.56 bits per heavy atom. The van der Waals surface area contributed by atoms with Crippen LogP contribution in [0.3, 0.4) is 0 Å². The second kappa shape index (κ2) is 9.16. The van der Waals surface area contributed by atoms with Crippen LogP contribution in [0.1, 0.15) is 11.1 Å². The number of esters is 1. The molecule has 2 aromatic carbocycles. The predicted molar refractivity (Wildman–Crippen MR) is 103 cm³/mol. The Morgan fingerprint density at radius 2 is 2.04 bits per heavy atom. The third-order valence-electron chi connectivity index (χ3n) is 3.40. The number of rotatable bonds is 6. The van der Waals surface area contributed by atoms with Crippen molar-refractivity contribution in [3.05, 3.63) is 67.1 Å². The molecular weight excluding hydrogens is 440 g/mol. The van der Waals surface area contributed by atoms with E-state index in [1.54, 1.807) is 18.2 Å². The molecule has 0 aromatic heterocycles. The first-order valence-electron chi connectivity index (χ1n) is 7.41. The summed E-state index contributed by atoms with van der Waals surface area (Å²) in [6, 6.07) is 10.9.